The predicted octanol–water partition coefficient (Wildman–Crippen LogP) is 0.866. The SMILES string of the molecule is O=C1NCc2cc(S(=O)(=O)C3CC3)ccc21. The summed E-state index contributed by atoms with van der Waals surface area (Å²) < 4.78 is 23.9. The van der Waals surface area contributed by atoms with Crippen molar-refractivity contribution in [3.63, 3.8) is 0 Å². The molecule has 16 heavy (non-hydrogen) atoms. The van der Waals surface area contributed by atoms with Crippen molar-refractivity contribution in [3.05, 3.63) is 29.3 Å². The third-order valence-electron chi connectivity index (χ3n) is 3.05. The Hall–Kier alpha value is -1.36. The highest BCUT2D eigenvalue weighted by atomic mass is 32.2. The average Bonchev–Trinajstić information content (AvgIpc) is 3.05. The van der Waals surface area contributed by atoms with Gasteiger partial charge in [-0.2, -0.15) is 0 Å². The second-order valence-electron chi connectivity index (χ2n) is 4.25. The van der Waals surface area contributed by atoms with Crippen molar-refractivity contribution in [2.24, 2.45) is 0 Å². The Labute approximate surface area is 93.6 Å². The van der Waals surface area contributed by atoms with Gasteiger partial charge in [-0.25, -0.2) is 8.42 Å². The zero-order chi connectivity index (χ0) is 11.3. The fourth-order valence-electron chi connectivity index (χ4n) is 1.96. The highest BCUT2D eigenvalue weighted by Crippen LogP contribution is 2.34. The van der Waals surface area contributed by atoms with Crippen molar-refractivity contribution in [2.75, 3.05) is 0 Å². The van der Waals surface area contributed by atoms with Gasteiger partial charge in [-0.15, -0.1) is 0 Å². The van der Waals surface area contributed by atoms with Gasteiger partial charge in [-0.3, -0.25) is 4.79 Å². The summed E-state index contributed by atoms with van der Waals surface area (Å²) in [7, 11) is -3.14. The molecule has 0 spiro atoms. The van der Waals surface area contributed by atoms with Crippen LogP contribution in [-0.2, 0) is 16.4 Å². The third-order valence-corrected chi connectivity index (χ3v) is 5.31. The highest BCUT2D eigenvalue weighted by molar-refractivity contribution is 7.92. The molecule has 0 saturated heterocycles. The number of carbonyl (C=O) groups excluding carboxylic acids is 1. The molecular formula is C11H11NO3S. The van der Waals surface area contributed by atoms with Crippen LogP contribution in [0.25, 0.3) is 0 Å². The van der Waals surface area contributed by atoms with Crippen LogP contribution in [0.1, 0.15) is 28.8 Å². The zero-order valence-corrected chi connectivity index (χ0v) is 9.38. The van der Waals surface area contributed by atoms with E-state index in [2.05, 4.69) is 5.32 Å². The summed E-state index contributed by atoms with van der Waals surface area (Å²) in [5.41, 5.74) is 1.38. The Balaban J connectivity index is 2.08. The summed E-state index contributed by atoms with van der Waals surface area (Å²) in [6.45, 7) is 0.433. The molecule has 0 radical (unpaired) electrons. The van der Waals surface area contributed by atoms with Gasteiger partial charge in [-0.1, -0.05) is 0 Å². The van der Waals surface area contributed by atoms with Crippen LogP contribution >= 0.6 is 0 Å². The lowest BCUT2D eigenvalue weighted by molar-refractivity contribution is 0.0965. The van der Waals surface area contributed by atoms with Gasteiger partial charge in [0.1, 0.15) is 0 Å². The topological polar surface area (TPSA) is 63.2 Å². The van der Waals surface area contributed by atoms with Crippen LogP contribution in [-0.4, -0.2) is 19.6 Å². The summed E-state index contributed by atoms with van der Waals surface area (Å²) in [6, 6.07) is 4.77. The molecule has 2 aliphatic rings. The first-order chi connectivity index (χ1) is 7.59. The largest absolute Gasteiger partial charge is 0.348 e. The molecule has 5 heteroatoms. The second kappa shape index (κ2) is 3.07. The van der Waals surface area contributed by atoms with E-state index in [1.807, 2.05) is 0 Å². The predicted molar refractivity (Wildman–Crippen MR) is 57.8 cm³/mol. The van der Waals surface area contributed by atoms with Crippen molar-refractivity contribution < 1.29 is 13.2 Å². The monoisotopic (exact) mass is 237 g/mol. The Kier molecular flexibility index (Phi) is 1.89. The van der Waals surface area contributed by atoms with E-state index in [1.54, 1.807) is 12.1 Å². The molecule has 1 amide bonds. The molecule has 1 aromatic rings. The molecular weight excluding hydrogens is 226 g/mol. The van der Waals surface area contributed by atoms with Gasteiger partial charge in [0.05, 0.1) is 10.1 Å². The minimum Gasteiger partial charge on any atom is -0.348 e. The van der Waals surface area contributed by atoms with Gasteiger partial charge in [0.15, 0.2) is 9.84 Å². The van der Waals surface area contributed by atoms with E-state index in [1.165, 1.54) is 6.07 Å². The molecule has 1 fully saturated rings. The van der Waals surface area contributed by atoms with Crippen LogP contribution < -0.4 is 5.32 Å². The second-order valence-corrected chi connectivity index (χ2v) is 6.47. The molecule has 3 rings (SSSR count). The molecule has 0 aromatic heterocycles. The molecule has 1 saturated carbocycles. The smallest absolute Gasteiger partial charge is 0.251 e. The normalized spacial score (nSPS) is 19.4. The number of sulfone groups is 1. The molecule has 0 atom stereocenters. The maximum absolute atomic E-state index is 12.0. The first-order valence-electron chi connectivity index (χ1n) is 5.24. The maximum atomic E-state index is 12.0. The lowest BCUT2D eigenvalue weighted by atomic mass is 10.1. The number of rotatable bonds is 2. The van der Waals surface area contributed by atoms with Gasteiger partial charge in [0.25, 0.3) is 5.91 Å². The van der Waals surface area contributed by atoms with Crippen LogP contribution in [0.15, 0.2) is 23.1 Å². The summed E-state index contributed by atoms with van der Waals surface area (Å²) in [6.07, 6.45) is 1.52. The molecule has 0 bridgehead atoms. The Morgan fingerprint density at radius 3 is 2.69 bits per heavy atom. The molecule has 1 N–H and O–H groups in total. The average molecular weight is 237 g/mol. The zero-order valence-electron chi connectivity index (χ0n) is 8.56. The number of nitrogens with one attached hydrogen (secondary N) is 1. The molecule has 1 aromatic carbocycles. The molecule has 84 valence electrons. The summed E-state index contributed by atoms with van der Waals surface area (Å²) >= 11 is 0. The van der Waals surface area contributed by atoms with Crippen LogP contribution in [0, 0.1) is 0 Å². The standard InChI is InChI=1S/C11H11NO3S/c13-11-10-4-3-9(5-7(10)6-12-11)16(14,15)8-1-2-8/h3-5,8H,1-2,6H2,(H,12,13). The molecule has 1 aliphatic carbocycles. The van der Waals surface area contributed by atoms with Gasteiger partial charge < -0.3 is 5.32 Å². The van der Waals surface area contributed by atoms with E-state index < -0.39 is 9.84 Å². The first kappa shape index (κ1) is 9.84. The van der Waals surface area contributed by atoms with Gasteiger partial charge in [0.2, 0.25) is 0 Å². The summed E-state index contributed by atoms with van der Waals surface area (Å²) in [5.74, 6) is -0.120. The molecule has 1 heterocycles. The Morgan fingerprint density at radius 1 is 1.25 bits per heavy atom. The van der Waals surface area contributed by atoms with Crippen molar-refractivity contribution in [3.8, 4) is 0 Å². The molecule has 4 nitrogen and oxygen atoms in total. The number of hydrogen-bond acceptors (Lipinski definition) is 3. The summed E-state index contributed by atoms with van der Waals surface area (Å²) in [4.78, 5) is 11.7. The quantitative estimate of drug-likeness (QED) is 0.830. The number of hydrogen-bond donors (Lipinski definition) is 1. The van der Waals surface area contributed by atoms with E-state index >= 15 is 0 Å². The maximum Gasteiger partial charge on any atom is 0.251 e. The van der Waals surface area contributed by atoms with Crippen LogP contribution in [0.4, 0.5) is 0 Å². The van der Waals surface area contributed by atoms with Crippen LogP contribution in [0.5, 0.6) is 0 Å². The fourth-order valence-corrected chi connectivity index (χ4v) is 3.66. The number of fused-ring (bicyclic) bond motifs is 1. The highest BCUT2D eigenvalue weighted by Gasteiger charge is 2.37. The Bertz CT molecular complexity index is 573. The van der Waals surface area contributed by atoms with Crippen LogP contribution in [0.2, 0.25) is 0 Å². The van der Waals surface area contributed by atoms with E-state index in [-0.39, 0.29) is 11.2 Å². The molecule has 1 aliphatic heterocycles. The molecule has 0 unspecified atom stereocenters. The van der Waals surface area contributed by atoms with Crippen molar-refractivity contribution in [1.82, 2.24) is 5.32 Å². The van der Waals surface area contributed by atoms with Gasteiger partial charge in [0, 0.05) is 12.1 Å². The van der Waals surface area contributed by atoms with E-state index in [4.69, 9.17) is 0 Å². The Morgan fingerprint density at radius 2 is 2.00 bits per heavy atom. The fraction of sp³-hybridized carbons (Fsp3) is 0.364. The van der Waals surface area contributed by atoms with Crippen molar-refractivity contribution >= 4 is 15.7 Å². The number of amides is 1. The third kappa shape index (κ3) is 1.35. The lowest BCUT2D eigenvalue weighted by Crippen LogP contribution is -2.12. The lowest BCUT2D eigenvalue weighted by Gasteiger charge is -2.04. The number of carbonyl (C=O) groups is 1. The summed E-state index contributed by atoms with van der Waals surface area (Å²) in [5, 5.41) is 2.48. The minimum absolute atomic E-state index is 0.120. The first-order valence-corrected chi connectivity index (χ1v) is 6.79. The van der Waals surface area contributed by atoms with E-state index in [9.17, 15) is 13.2 Å². The van der Waals surface area contributed by atoms with E-state index in [0.29, 0.717) is 17.0 Å². The minimum atomic E-state index is -3.14. The van der Waals surface area contributed by atoms with Gasteiger partial charge in [-0.05, 0) is 36.6 Å². The van der Waals surface area contributed by atoms with Gasteiger partial charge >= 0.3 is 0 Å². The number of benzene rings is 1. The van der Waals surface area contributed by atoms with Crippen LogP contribution in [0.3, 0.4) is 0 Å². The van der Waals surface area contributed by atoms with Crippen molar-refractivity contribution in [1.29, 1.82) is 0 Å². The van der Waals surface area contributed by atoms with E-state index in [0.717, 1.165) is 18.4 Å². The van der Waals surface area contributed by atoms with Crippen molar-refractivity contribution in [2.45, 2.75) is 29.5 Å².